The van der Waals surface area contributed by atoms with Crippen LogP contribution in [0.25, 0.3) is 0 Å². The third-order valence-corrected chi connectivity index (χ3v) is 3.54. The van der Waals surface area contributed by atoms with E-state index in [1.165, 1.54) is 30.5 Å². The molecule has 1 saturated carbocycles. The Bertz CT molecular complexity index is 358. The van der Waals surface area contributed by atoms with Crippen LogP contribution in [0.3, 0.4) is 0 Å². The highest BCUT2D eigenvalue weighted by molar-refractivity contribution is 5.56. The Morgan fingerprint density at radius 2 is 2.00 bits per heavy atom. The molecule has 0 bridgehead atoms. The van der Waals surface area contributed by atoms with Crippen molar-refractivity contribution in [1.29, 1.82) is 0 Å². The standard InChI is InChI=1S/C15H24N2/c1-3-11-17(12-9-10-12)15-8-6-5-7-13(15)14(16)4-2/h5-8,12,14H,3-4,9-11,16H2,1-2H3/t14-/m0/s1. The molecule has 2 heteroatoms. The lowest BCUT2D eigenvalue weighted by Gasteiger charge is -2.28. The van der Waals surface area contributed by atoms with E-state index in [2.05, 4.69) is 43.0 Å². The summed E-state index contributed by atoms with van der Waals surface area (Å²) in [7, 11) is 0. The summed E-state index contributed by atoms with van der Waals surface area (Å²) in [5.74, 6) is 0. The molecule has 0 aliphatic heterocycles. The first-order valence-electron chi connectivity index (χ1n) is 6.89. The smallest absolute Gasteiger partial charge is 0.0417 e. The Balaban J connectivity index is 2.28. The van der Waals surface area contributed by atoms with E-state index in [1.54, 1.807) is 0 Å². The van der Waals surface area contributed by atoms with Gasteiger partial charge in [0.05, 0.1) is 0 Å². The highest BCUT2D eigenvalue weighted by atomic mass is 15.2. The molecule has 94 valence electrons. The van der Waals surface area contributed by atoms with Crippen LogP contribution < -0.4 is 10.6 Å². The van der Waals surface area contributed by atoms with Crippen LogP contribution in [0.1, 0.15) is 51.1 Å². The zero-order chi connectivity index (χ0) is 12.3. The number of nitrogens with zero attached hydrogens (tertiary/aromatic N) is 1. The SMILES string of the molecule is CCCN(c1ccccc1[C@@H](N)CC)C1CC1. The molecule has 1 aliphatic rings. The monoisotopic (exact) mass is 232 g/mol. The van der Waals surface area contributed by atoms with Gasteiger partial charge < -0.3 is 10.6 Å². The van der Waals surface area contributed by atoms with Crippen molar-refractivity contribution >= 4 is 5.69 Å². The quantitative estimate of drug-likeness (QED) is 0.813. The fraction of sp³-hybridized carbons (Fsp3) is 0.600. The minimum absolute atomic E-state index is 0.171. The van der Waals surface area contributed by atoms with E-state index in [1.807, 2.05) is 0 Å². The summed E-state index contributed by atoms with van der Waals surface area (Å²) >= 11 is 0. The largest absolute Gasteiger partial charge is 0.368 e. The molecule has 17 heavy (non-hydrogen) atoms. The molecule has 0 unspecified atom stereocenters. The van der Waals surface area contributed by atoms with Gasteiger partial charge in [-0.25, -0.2) is 0 Å². The highest BCUT2D eigenvalue weighted by Gasteiger charge is 2.30. The average molecular weight is 232 g/mol. The number of hydrogen-bond acceptors (Lipinski definition) is 2. The minimum atomic E-state index is 0.171. The lowest BCUT2D eigenvalue weighted by Crippen LogP contribution is -2.28. The second-order valence-electron chi connectivity index (χ2n) is 5.00. The van der Waals surface area contributed by atoms with Crippen LogP contribution in [0.2, 0.25) is 0 Å². The first-order chi connectivity index (χ1) is 8.27. The summed E-state index contributed by atoms with van der Waals surface area (Å²) in [5, 5.41) is 0. The van der Waals surface area contributed by atoms with Crippen LogP contribution in [0.5, 0.6) is 0 Å². The van der Waals surface area contributed by atoms with Crippen molar-refractivity contribution in [2.24, 2.45) is 5.73 Å². The molecule has 0 spiro atoms. The van der Waals surface area contributed by atoms with Crippen LogP contribution in [-0.2, 0) is 0 Å². The molecular formula is C15H24N2. The van der Waals surface area contributed by atoms with Crippen molar-refractivity contribution in [3.8, 4) is 0 Å². The zero-order valence-corrected chi connectivity index (χ0v) is 11.0. The van der Waals surface area contributed by atoms with Gasteiger partial charge in [-0.05, 0) is 37.3 Å². The highest BCUT2D eigenvalue weighted by Crippen LogP contribution is 2.35. The Hall–Kier alpha value is -1.02. The normalized spacial score (nSPS) is 16.9. The summed E-state index contributed by atoms with van der Waals surface area (Å²) in [5.41, 5.74) is 8.90. The summed E-state index contributed by atoms with van der Waals surface area (Å²) < 4.78 is 0. The predicted molar refractivity (Wildman–Crippen MR) is 74.3 cm³/mol. The topological polar surface area (TPSA) is 29.3 Å². The second kappa shape index (κ2) is 5.54. The Labute approximate surface area is 105 Å². The maximum atomic E-state index is 6.22. The maximum absolute atomic E-state index is 6.22. The Morgan fingerprint density at radius 1 is 1.29 bits per heavy atom. The number of hydrogen-bond donors (Lipinski definition) is 1. The van der Waals surface area contributed by atoms with Crippen molar-refractivity contribution in [3.05, 3.63) is 29.8 Å². The molecular weight excluding hydrogens is 208 g/mol. The van der Waals surface area contributed by atoms with Crippen LogP contribution in [-0.4, -0.2) is 12.6 Å². The van der Waals surface area contributed by atoms with Gasteiger partial charge in [0.1, 0.15) is 0 Å². The molecule has 1 atom stereocenters. The molecule has 1 aromatic carbocycles. The average Bonchev–Trinajstić information content (AvgIpc) is 3.19. The molecule has 2 rings (SSSR count). The summed E-state index contributed by atoms with van der Waals surface area (Å²) in [6.45, 7) is 5.55. The summed E-state index contributed by atoms with van der Waals surface area (Å²) in [6, 6.07) is 9.59. The number of benzene rings is 1. The van der Waals surface area contributed by atoms with E-state index >= 15 is 0 Å². The second-order valence-corrected chi connectivity index (χ2v) is 5.00. The van der Waals surface area contributed by atoms with Crippen LogP contribution in [0, 0.1) is 0 Å². The van der Waals surface area contributed by atoms with Crippen molar-refractivity contribution in [1.82, 2.24) is 0 Å². The van der Waals surface area contributed by atoms with Gasteiger partial charge in [-0.1, -0.05) is 32.0 Å². The van der Waals surface area contributed by atoms with E-state index in [-0.39, 0.29) is 6.04 Å². The molecule has 0 amide bonds. The first kappa shape index (κ1) is 12.4. The Kier molecular flexibility index (Phi) is 4.06. The third kappa shape index (κ3) is 2.81. The van der Waals surface area contributed by atoms with Gasteiger partial charge >= 0.3 is 0 Å². The van der Waals surface area contributed by atoms with Crippen LogP contribution in [0.4, 0.5) is 5.69 Å². The molecule has 0 aromatic heterocycles. The summed E-state index contributed by atoms with van der Waals surface area (Å²) in [4.78, 5) is 2.56. The number of anilines is 1. The van der Waals surface area contributed by atoms with Crippen molar-refractivity contribution in [2.75, 3.05) is 11.4 Å². The number of nitrogens with two attached hydrogens (primary N) is 1. The fourth-order valence-corrected chi connectivity index (χ4v) is 2.41. The van der Waals surface area contributed by atoms with Crippen molar-refractivity contribution in [3.63, 3.8) is 0 Å². The molecule has 1 aliphatic carbocycles. The third-order valence-electron chi connectivity index (χ3n) is 3.54. The van der Waals surface area contributed by atoms with Gasteiger partial charge in [0.15, 0.2) is 0 Å². The van der Waals surface area contributed by atoms with Crippen molar-refractivity contribution < 1.29 is 0 Å². The molecule has 0 radical (unpaired) electrons. The van der Waals surface area contributed by atoms with E-state index in [4.69, 9.17) is 5.73 Å². The lowest BCUT2D eigenvalue weighted by atomic mass is 10.0. The summed E-state index contributed by atoms with van der Waals surface area (Å²) in [6.07, 6.45) is 4.89. The van der Waals surface area contributed by atoms with Gasteiger partial charge in [-0.2, -0.15) is 0 Å². The van der Waals surface area contributed by atoms with Gasteiger partial charge in [-0.3, -0.25) is 0 Å². The molecule has 1 fully saturated rings. The lowest BCUT2D eigenvalue weighted by molar-refractivity contribution is 0.683. The number of para-hydroxylation sites is 1. The molecule has 2 nitrogen and oxygen atoms in total. The first-order valence-corrected chi connectivity index (χ1v) is 6.89. The van der Waals surface area contributed by atoms with Gasteiger partial charge in [0, 0.05) is 24.3 Å². The van der Waals surface area contributed by atoms with E-state index in [0.717, 1.165) is 19.0 Å². The fourth-order valence-electron chi connectivity index (χ4n) is 2.41. The van der Waals surface area contributed by atoms with E-state index < -0.39 is 0 Å². The van der Waals surface area contributed by atoms with Gasteiger partial charge in [0.25, 0.3) is 0 Å². The van der Waals surface area contributed by atoms with E-state index in [0.29, 0.717) is 0 Å². The Morgan fingerprint density at radius 3 is 2.59 bits per heavy atom. The zero-order valence-electron chi connectivity index (χ0n) is 11.0. The molecule has 2 N–H and O–H groups in total. The van der Waals surface area contributed by atoms with Gasteiger partial charge in [-0.15, -0.1) is 0 Å². The van der Waals surface area contributed by atoms with E-state index in [9.17, 15) is 0 Å². The maximum Gasteiger partial charge on any atom is 0.0417 e. The number of rotatable bonds is 6. The van der Waals surface area contributed by atoms with Gasteiger partial charge in [0.2, 0.25) is 0 Å². The molecule has 1 aromatic rings. The predicted octanol–water partition coefficient (Wildman–Crippen LogP) is 3.48. The van der Waals surface area contributed by atoms with Crippen LogP contribution >= 0.6 is 0 Å². The molecule has 0 heterocycles. The molecule has 0 saturated heterocycles. The van der Waals surface area contributed by atoms with Crippen LogP contribution in [0.15, 0.2) is 24.3 Å². The minimum Gasteiger partial charge on any atom is -0.368 e. The van der Waals surface area contributed by atoms with Crippen molar-refractivity contribution in [2.45, 2.75) is 51.6 Å².